The highest BCUT2D eigenvalue weighted by Crippen LogP contribution is 2.46. The third-order valence-corrected chi connectivity index (χ3v) is 4.00. The Bertz CT molecular complexity index is 907. The molecule has 3 aromatic rings. The van der Waals surface area contributed by atoms with Gasteiger partial charge in [0, 0.05) is 23.9 Å². The zero-order chi connectivity index (χ0) is 16.5. The molecule has 4 rings (SSSR count). The second kappa shape index (κ2) is 5.92. The van der Waals surface area contributed by atoms with E-state index in [9.17, 15) is 8.78 Å². The molecule has 5 heteroatoms. The fourth-order valence-corrected chi connectivity index (χ4v) is 2.75. The minimum atomic E-state index is -2.55. The van der Waals surface area contributed by atoms with E-state index in [2.05, 4.69) is 21.0 Å². The summed E-state index contributed by atoms with van der Waals surface area (Å²) in [5.41, 5.74) is 4.50. The van der Waals surface area contributed by atoms with Crippen LogP contribution in [0.1, 0.15) is 29.3 Å². The maximum absolute atomic E-state index is 12.8. The van der Waals surface area contributed by atoms with Crippen molar-refractivity contribution >= 4 is 5.57 Å². The molecular weight excluding hydrogens is 308 g/mol. The average molecular weight is 321 g/mol. The summed E-state index contributed by atoms with van der Waals surface area (Å²) in [6, 6.07) is 12.8. The van der Waals surface area contributed by atoms with Gasteiger partial charge in [0.25, 0.3) is 6.43 Å². The van der Waals surface area contributed by atoms with E-state index in [0.717, 1.165) is 22.3 Å². The van der Waals surface area contributed by atoms with Gasteiger partial charge in [-0.15, -0.1) is 0 Å². The summed E-state index contributed by atoms with van der Waals surface area (Å²) in [5, 5.41) is 0. The van der Waals surface area contributed by atoms with Crippen molar-refractivity contribution in [3.63, 3.8) is 0 Å². The maximum Gasteiger partial charge on any atom is 0.280 e. The quantitative estimate of drug-likeness (QED) is 0.701. The molecule has 0 amide bonds. The molecule has 0 fully saturated rings. The van der Waals surface area contributed by atoms with E-state index < -0.39 is 6.43 Å². The maximum atomic E-state index is 12.8. The van der Waals surface area contributed by atoms with E-state index in [1.807, 2.05) is 24.3 Å². The summed E-state index contributed by atoms with van der Waals surface area (Å²) in [7, 11) is 0. The van der Waals surface area contributed by atoms with Gasteiger partial charge in [-0.2, -0.15) is 0 Å². The highest BCUT2D eigenvalue weighted by atomic mass is 19.3. The number of hydrogen-bond donors (Lipinski definition) is 0. The van der Waals surface area contributed by atoms with Crippen LogP contribution in [-0.2, 0) is 0 Å². The van der Waals surface area contributed by atoms with Crippen molar-refractivity contribution in [1.82, 2.24) is 15.0 Å². The number of halogens is 2. The first-order valence-electron chi connectivity index (χ1n) is 7.55. The highest BCUT2D eigenvalue weighted by molar-refractivity contribution is 5.85. The normalized spacial score (nSPS) is 16.1. The molecule has 2 heterocycles. The molecule has 118 valence electrons. The zero-order valence-corrected chi connectivity index (χ0v) is 12.6. The highest BCUT2D eigenvalue weighted by Gasteiger charge is 2.29. The van der Waals surface area contributed by atoms with Crippen LogP contribution in [0.15, 0.2) is 67.3 Å². The summed E-state index contributed by atoms with van der Waals surface area (Å²) in [5.74, 6) is 0.120. The van der Waals surface area contributed by atoms with E-state index in [-0.39, 0.29) is 11.6 Å². The fourth-order valence-electron chi connectivity index (χ4n) is 2.75. The van der Waals surface area contributed by atoms with E-state index in [1.54, 1.807) is 24.5 Å². The van der Waals surface area contributed by atoms with Crippen molar-refractivity contribution in [3.8, 4) is 11.1 Å². The first kappa shape index (κ1) is 14.6. The topological polar surface area (TPSA) is 38.7 Å². The molecule has 3 nitrogen and oxygen atoms in total. The van der Waals surface area contributed by atoms with Crippen molar-refractivity contribution in [2.24, 2.45) is 0 Å². The molecule has 0 spiro atoms. The van der Waals surface area contributed by atoms with Crippen LogP contribution in [0.3, 0.4) is 0 Å². The lowest BCUT2D eigenvalue weighted by molar-refractivity contribution is 0.146. The monoisotopic (exact) mass is 321 g/mol. The number of rotatable bonds is 4. The predicted octanol–water partition coefficient (Wildman–Crippen LogP) is 4.66. The molecule has 1 atom stereocenters. The molecular formula is C19H13F2N3. The average Bonchev–Trinajstić information content (AvgIpc) is 3.44. The largest absolute Gasteiger partial charge is 0.280 e. The Balaban J connectivity index is 1.58. The van der Waals surface area contributed by atoms with Crippen LogP contribution in [0.2, 0.25) is 0 Å². The summed E-state index contributed by atoms with van der Waals surface area (Å²) < 4.78 is 25.6. The van der Waals surface area contributed by atoms with Gasteiger partial charge >= 0.3 is 0 Å². The zero-order valence-electron chi connectivity index (χ0n) is 12.6. The lowest BCUT2D eigenvalue weighted by atomic mass is 10.0. The molecule has 0 aliphatic heterocycles. The summed E-state index contributed by atoms with van der Waals surface area (Å²) in [6.07, 6.45) is 4.51. The van der Waals surface area contributed by atoms with Crippen molar-refractivity contribution < 1.29 is 8.78 Å². The van der Waals surface area contributed by atoms with Crippen LogP contribution >= 0.6 is 0 Å². The van der Waals surface area contributed by atoms with Crippen LogP contribution in [0.5, 0.6) is 0 Å². The molecule has 0 radical (unpaired) electrons. The number of nitrogens with zero attached hydrogens (tertiary/aromatic N) is 3. The third-order valence-electron chi connectivity index (χ3n) is 4.00. The van der Waals surface area contributed by atoms with Crippen LogP contribution in [0.25, 0.3) is 16.7 Å². The van der Waals surface area contributed by atoms with Crippen molar-refractivity contribution in [2.45, 2.75) is 12.3 Å². The molecule has 2 aromatic heterocycles. The minimum absolute atomic E-state index is 0.120. The number of aromatic nitrogens is 3. The number of hydrogen-bond acceptors (Lipinski definition) is 3. The Hall–Kier alpha value is -2.95. The second-order valence-electron chi connectivity index (χ2n) is 5.60. The fraction of sp³-hybridized carbons (Fsp3) is 0.105. The van der Waals surface area contributed by atoms with Gasteiger partial charge in [0.1, 0.15) is 12.0 Å². The van der Waals surface area contributed by atoms with Crippen molar-refractivity contribution in [1.29, 1.82) is 0 Å². The SMILES string of the molecule is FC(F)c1cccc(C2=CC2c2cccc(-c3cncnc3)c2)n1. The smallest absolute Gasteiger partial charge is 0.247 e. The molecule has 0 N–H and O–H groups in total. The van der Waals surface area contributed by atoms with Gasteiger partial charge in [0.2, 0.25) is 0 Å². The Morgan fingerprint density at radius 3 is 2.50 bits per heavy atom. The predicted molar refractivity (Wildman–Crippen MR) is 87.4 cm³/mol. The molecule has 0 saturated heterocycles. The summed E-state index contributed by atoms with van der Waals surface area (Å²) in [6.45, 7) is 0. The molecule has 1 aliphatic rings. The van der Waals surface area contributed by atoms with Gasteiger partial charge in [-0.05, 0) is 28.8 Å². The van der Waals surface area contributed by atoms with Gasteiger partial charge in [0.15, 0.2) is 0 Å². The van der Waals surface area contributed by atoms with Crippen LogP contribution in [-0.4, -0.2) is 15.0 Å². The van der Waals surface area contributed by atoms with Crippen LogP contribution in [0.4, 0.5) is 8.78 Å². The first-order valence-corrected chi connectivity index (χ1v) is 7.55. The second-order valence-corrected chi connectivity index (χ2v) is 5.60. The Kier molecular flexibility index (Phi) is 3.61. The lowest BCUT2D eigenvalue weighted by Gasteiger charge is -2.06. The summed E-state index contributed by atoms with van der Waals surface area (Å²) in [4.78, 5) is 12.1. The Labute approximate surface area is 137 Å². The molecule has 1 unspecified atom stereocenters. The summed E-state index contributed by atoms with van der Waals surface area (Å²) >= 11 is 0. The van der Waals surface area contributed by atoms with Crippen LogP contribution < -0.4 is 0 Å². The van der Waals surface area contributed by atoms with Gasteiger partial charge in [-0.1, -0.05) is 36.4 Å². The standard InChI is InChI=1S/C19H13F2N3/c20-19(21)18-6-2-5-17(24-18)16-8-15(16)13-4-1-3-12(7-13)14-9-22-11-23-10-14/h1-11,15,19H. The van der Waals surface area contributed by atoms with Crippen LogP contribution in [0, 0.1) is 0 Å². The van der Waals surface area contributed by atoms with Crippen molar-refractivity contribution in [2.75, 3.05) is 0 Å². The number of pyridine rings is 1. The molecule has 0 saturated carbocycles. The Morgan fingerprint density at radius 2 is 1.71 bits per heavy atom. The van der Waals surface area contributed by atoms with Gasteiger partial charge in [-0.3, -0.25) is 0 Å². The minimum Gasteiger partial charge on any atom is -0.247 e. The number of allylic oxidation sites excluding steroid dienone is 2. The molecule has 0 bridgehead atoms. The van der Waals surface area contributed by atoms with E-state index in [1.165, 1.54) is 12.4 Å². The van der Waals surface area contributed by atoms with E-state index in [4.69, 9.17) is 0 Å². The van der Waals surface area contributed by atoms with E-state index in [0.29, 0.717) is 5.69 Å². The third kappa shape index (κ3) is 2.80. The number of benzene rings is 1. The molecule has 24 heavy (non-hydrogen) atoms. The van der Waals surface area contributed by atoms with Gasteiger partial charge < -0.3 is 0 Å². The number of alkyl halides is 2. The first-order chi connectivity index (χ1) is 11.7. The lowest BCUT2D eigenvalue weighted by Crippen LogP contribution is -1.93. The molecule has 1 aliphatic carbocycles. The van der Waals surface area contributed by atoms with Gasteiger partial charge in [-0.25, -0.2) is 23.7 Å². The van der Waals surface area contributed by atoms with E-state index >= 15 is 0 Å². The Morgan fingerprint density at radius 1 is 0.917 bits per heavy atom. The van der Waals surface area contributed by atoms with Crippen molar-refractivity contribution in [3.05, 3.63) is 84.2 Å². The molecule has 1 aromatic carbocycles. The van der Waals surface area contributed by atoms with Gasteiger partial charge in [0.05, 0.1) is 5.69 Å².